The van der Waals surface area contributed by atoms with E-state index in [-0.39, 0.29) is 0 Å². The van der Waals surface area contributed by atoms with Crippen molar-refractivity contribution in [1.82, 2.24) is 9.97 Å². The Hall–Kier alpha value is -1.32. The Morgan fingerprint density at radius 3 is 2.70 bits per heavy atom. The molecule has 0 bridgehead atoms. The summed E-state index contributed by atoms with van der Waals surface area (Å²) >= 11 is 0. The van der Waals surface area contributed by atoms with Gasteiger partial charge in [0.25, 0.3) is 0 Å². The predicted molar refractivity (Wildman–Crippen MR) is 83.4 cm³/mol. The van der Waals surface area contributed by atoms with Crippen LogP contribution in [0.4, 0.5) is 11.8 Å². The number of hydrogen-bond acceptors (Lipinski definition) is 4. The van der Waals surface area contributed by atoms with E-state index < -0.39 is 0 Å². The molecule has 1 atom stereocenters. The summed E-state index contributed by atoms with van der Waals surface area (Å²) in [7, 11) is 0. The quantitative estimate of drug-likeness (QED) is 0.847. The minimum absolute atomic E-state index is 0.660. The first kappa shape index (κ1) is 13.7. The third-order valence-electron chi connectivity index (χ3n) is 4.66. The van der Waals surface area contributed by atoms with E-state index >= 15 is 0 Å². The molecule has 3 heterocycles. The largest absolute Gasteiger partial charge is 0.353 e. The van der Waals surface area contributed by atoms with Crippen molar-refractivity contribution >= 4 is 11.8 Å². The van der Waals surface area contributed by atoms with Gasteiger partial charge in [0.05, 0.1) is 0 Å². The van der Waals surface area contributed by atoms with Gasteiger partial charge in [0.2, 0.25) is 5.95 Å². The van der Waals surface area contributed by atoms with E-state index in [2.05, 4.69) is 27.8 Å². The van der Waals surface area contributed by atoms with Crippen LogP contribution in [0.25, 0.3) is 0 Å². The fraction of sp³-hybridized carbons (Fsp3) is 0.750. The molecule has 0 spiro atoms. The highest BCUT2D eigenvalue weighted by atomic mass is 15.3. The molecule has 0 saturated carbocycles. The van der Waals surface area contributed by atoms with Crippen LogP contribution in [0, 0.1) is 0 Å². The Labute approximate surface area is 122 Å². The normalized spacial score (nSPS) is 23.9. The number of aromatic nitrogens is 2. The first-order valence-electron chi connectivity index (χ1n) is 8.23. The number of anilines is 2. The summed E-state index contributed by atoms with van der Waals surface area (Å²) in [4.78, 5) is 14.2. The van der Waals surface area contributed by atoms with Gasteiger partial charge in [-0.1, -0.05) is 6.92 Å². The van der Waals surface area contributed by atoms with E-state index in [1.807, 2.05) is 6.20 Å². The van der Waals surface area contributed by atoms with Crippen molar-refractivity contribution in [3.8, 4) is 0 Å². The van der Waals surface area contributed by atoms with Gasteiger partial charge in [0.15, 0.2) is 0 Å². The van der Waals surface area contributed by atoms with Crippen molar-refractivity contribution in [3.05, 3.63) is 12.3 Å². The monoisotopic (exact) mass is 274 g/mol. The van der Waals surface area contributed by atoms with E-state index in [9.17, 15) is 0 Å². The molecule has 2 aliphatic heterocycles. The zero-order valence-corrected chi connectivity index (χ0v) is 12.6. The van der Waals surface area contributed by atoms with Gasteiger partial charge in [-0.05, 0) is 51.0 Å². The van der Waals surface area contributed by atoms with E-state index in [0.29, 0.717) is 6.04 Å². The fourth-order valence-corrected chi connectivity index (χ4v) is 3.47. The van der Waals surface area contributed by atoms with Crippen LogP contribution in [0.15, 0.2) is 12.3 Å². The third kappa shape index (κ3) is 2.89. The van der Waals surface area contributed by atoms with E-state index in [1.54, 1.807) is 0 Å². The third-order valence-corrected chi connectivity index (χ3v) is 4.66. The smallest absolute Gasteiger partial charge is 0.227 e. The fourth-order valence-electron chi connectivity index (χ4n) is 3.47. The zero-order chi connectivity index (χ0) is 13.8. The Morgan fingerprint density at radius 2 is 1.90 bits per heavy atom. The second-order valence-electron chi connectivity index (χ2n) is 6.01. The van der Waals surface area contributed by atoms with Gasteiger partial charge in [-0.15, -0.1) is 0 Å². The van der Waals surface area contributed by atoms with Gasteiger partial charge < -0.3 is 9.80 Å². The average Bonchev–Trinajstić information content (AvgIpc) is 2.56. The highest BCUT2D eigenvalue weighted by Gasteiger charge is 2.23. The molecule has 1 unspecified atom stereocenters. The molecule has 3 rings (SSSR count). The Morgan fingerprint density at radius 1 is 1.10 bits per heavy atom. The lowest BCUT2D eigenvalue weighted by atomic mass is 10.0. The Bertz CT molecular complexity index is 428. The number of hydrogen-bond donors (Lipinski definition) is 0. The maximum absolute atomic E-state index is 4.86. The molecule has 0 amide bonds. The highest BCUT2D eigenvalue weighted by Crippen LogP contribution is 2.26. The van der Waals surface area contributed by atoms with Crippen LogP contribution >= 0.6 is 0 Å². The van der Waals surface area contributed by atoms with Gasteiger partial charge in [-0.2, -0.15) is 4.98 Å². The summed E-state index contributed by atoms with van der Waals surface area (Å²) in [6, 6.07) is 2.74. The SMILES string of the molecule is CCC1CCCCN1c1ccnc(N2CCCCC2)n1. The average molecular weight is 274 g/mol. The highest BCUT2D eigenvalue weighted by molar-refractivity contribution is 5.45. The molecule has 4 heteroatoms. The summed E-state index contributed by atoms with van der Waals surface area (Å²) in [5.41, 5.74) is 0. The van der Waals surface area contributed by atoms with Crippen molar-refractivity contribution in [2.45, 2.75) is 57.9 Å². The van der Waals surface area contributed by atoms with Gasteiger partial charge in [-0.25, -0.2) is 4.98 Å². The number of piperidine rings is 2. The first-order valence-corrected chi connectivity index (χ1v) is 8.23. The molecular formula is C16H26N4. The van der Waals surface area contributed by atoms with Crippen LogP contribution in [-0.4, -0.2) is 35.6 Å². The van der Waals surface area contributed by atoms with Crippen molar-refractivity contribution < 1.29 is 0 Å². The molecule has 2 saturated heterocycles. The molecule has 20 heavy (non-hydrogen) atoms. The lowest BCUT2D eigenvalue weighted by Gasteiger charge is -2.36. The molecule has 0 radical (unpaired) electrons. The molecule has 2 aliphatic rings. The molecule has 1 aromatic rings. The Kier molecular flexibility index (Phi) is 4.38. The van der Waals surface area contributed by atoms with Crippen molar-refractivity contribution in [3.63, 3.8) is 0 Å². The summed E-state index contributed by atoms with van der Waals surface area (Å²) in [6.45, 7) is 5.66. The van der Waals surface area contributed by atoms with Crippen LogP contribution < -0.4 is 9.80 Å². The maximum Gasteiger partial charge on any atom is 0.227 e. The first-order chi connectivity index (χ1) is 9.88. The van der Waals surface area contributed by atoms with E-state index in [0.717, 1.165) is 31.4 Å². The van der Waals surface area contributed by atoms with Crippen molar-refractivity contribution in [2.75, 3.05) is 29.4 Å². The summed E-state index contributed by atoms with van der Waals surface area (Å²) < 4.78 is 0. The van der Waals surface area contributed by atoms with Crippen LogP contribution in [0.1, 0.15) is 51.9 Å². The second-order valence-corrected chi connectivity index (χ2v) is 6.01. The van der Waals surface area contributed by atoms with Gasteiger partial charge in [-0.3, -0.25) is 0 Å². The standard InChI is InChI=1S/C16H26N4/c1-2-14-8-4-7-13-20(14)15-9-10-17-16(18-15)19-11-5-3-6-12-19/h9-10,14H,2-8,11-13H2,1H3. The molecule has 0 aliphatic carbocycles. The Balaban J connectivity index is 1.79. The summed E-state index contributed by atoms with van der Waals surface area (Å²) in [5, 5.41) is 0. The maximum atomic E-state index is 4.86. The van der Waals surface area contributed by atoms with E-state index in [4.69, 9.17) is 4.98 Å². The van der Waals surface area contributed by atoms with Crippen LogP contribution in [0.5, 0.6) is 0 Å². The molecule has 4 nitrogen and oxygen atoms in total. The molecule has 1 aromatic heterocycles. The topological polar surface area (TPSA) is 32.3 Å². The summed E-state index contributed by atoms with van der Waals surface area (Å²) in [5.74, 6) is 2.06. The van der Waals surface area contributed by atoms with Crippen LogP contribution in [0.3, 0.4) is 0 Å². The van der Waals surface area contributed by atoms with Crippen molar-refractivity contribution in [2.24, 2.45) is 0 Å². The molecular weight excluding hydrogens is 248 g/mol. The predicted octanol–water partition coefficient (Wildman–Crippen LogP) is 3.24. The van der Waals surface area contributed by atoms with E-state index in [1.165, 1.54) is 44.9 Å². The van der Waals surface area contributed by atoms with Gasteiger partial charge in [0.1, 0.15) is 5.82 Å². The molecule has 0 N–H and O–H groups in total. The minimum atomic E-state index is 0.660. The molecule has 2 fully saturated rings. The van der Waals surface area contributed by atoms with Gasteiger partial charge >= 0.3 is 0 Å². The summed E-state index contributed by atoms with van der Waals surface area (Å²) in [6.07, 6.45) is 11.0. The van der Waals surface area contributed by atoms with Gasteiger partial charge in [0, 0.05) is 31.9 Å². The molecule has 110 valence electrons. The number of nitrogens with zero attached hydrogens (tertiary/aromatic N) is 4. The minimum Gasteiger partial charge on any atom is -0.353 e. The van der Waals surface area contributed by atoms with Crippen LogP contribution in [-0.2, 0) is 0 Å². The lowest BCUT2D eigenvalue weighted by Crippen LogP contribution is -2.40. The van der Waals surface area contributed by atoms with Crippen molar-refractivity contribution in [1.29, 1.82) is 0 Å². The lowest BCUT2D eigenvalue weighted by molar-refractivity contribution is 0.446. The number of rotatable bonds is 3. The zero-order valence-electron chi connectivity index (χ0n) is 12.6. The van der Waals surface area contributed by atoms with Crippen LogP contribution in [0.2, 0.25) is 0 Å². The second kappa shape index (κ2) is 6.42. The molecule has 0 aromatic carbocycles.